The highest BCUT2D eigenvalue weighted by molar-refractivity contribution is 6.39. The van der Waals surface area contributed by atoms with E-state index in [-0.39, 0.29) is 0 Å². The number of hydrogen-bond acceptors (Lipinski definition) is 1. The second-order valence-corrected chi connectivity index (χ2v) is 4.73. The summed E-state index contributed by atoms with van der Waals surface area (Å²) in [5.74, 6) is 0.536. The van der Waals surface area contributed by atoms with Crippen LogP contribution in [0.25, 0.3) is 10.9 Å². The van der Waals surface area contributed by atoms with Gasteiger partial charge in [0.2, 0.25) is 0 Å². The molecule has 0 spiro atoms. The van der Waals surface area contributed by atoms with E-state index >= 15 is 0 Å². The average molecular weight is 275 g/mol. The Morgan fingerprint density at radius 2 is 2.00 bits per heavy atom. The van der Waals surface area contributed by atoms with E-state index in [1.807, 2.05) is 25.1 Å². The molecule has 0 saturated carbocycles. The molecule has 0 bridgehead atoms. The molecule has 84 valence electrons. The van der Waals surface area contributed by atoms with Crippen LogP contribution in [0.4, 0.5) is 0 Å². The largest absolute Gasteiger partial charge is 0.251 e. The van der Waals surface area contributed by atoms with Gasteiger partial charge in [0.15, 0.2) is 0 Å². The number of halogens is 3. The number of alkyl halides is 1. The van der Waals surface area contributed by atoms with Crippen LogP contribution in [0.1, 0.15) is 11.3 Å². The molecule has 1 heterocycles. The van der Waals surface area contributed by atoms with E-state index in [4.69, 9.17) is 34.8 Å². The van der Waals surface area contributed by atoms with Crippen LogP contribution in [-0.2, 0) is 6.42 Å². The van der Waals surface area contributed by atoms with Crippen molar-refractivity contribution >= 4 is 45.7 Å². The summed E-state index contributed by atoms with van der Waals surface area (Å²) in [6.07, 6.45) is 0.724. The molecule has 1 aromatic carbocycles. The zero-order valence-corrected chi connectivity index (χ0v) is 11.0. The zero-order valence-electron chi connectivity index (χ0n) is 8.73. The lowest BCUT2D eigenvalue weighted by molar-refractivity contribution is 1.07. The lowest BCUT2D eigenvalue weighted by atomic mass is 10.1. The number of rotatable bonds is 2. The predicted molar refractivity (Wildman–Crippen MR) is 70.9 cm³/mol. The van der Waals surface area contributed by atoms with Gasteiger partial charge in [-0.25, -0.2) is 0 Å². The van der Waals surface area contributed by atoms with Gasteiger partial charge < -0.3 is 0 Å². The van der Waals surface area contributed by atoms with Crippen LogP contribution < -0.4 is 0 Å². The van der Waals surface area contributed by atoms with E-state index in [0.717, 1.165) is 28.6 Å². The van der Waals surface area contributed by atoms with E-state index in [1.54, 1.807) is 0 Å². The molecular weight excluding hydrogens is 264 g/mol. The summed E-state index contributed by atoms with van der Waals surface area (Å²) in [5.41, 5.74) is 2.66. The summed E-state index contributed by atoms with van der Waals surface area (Å²) in [6, 6.07) is 5.61. The molecule has 0 radical (unpaired) electrons. The fourth-order valence-electron chi connectivity index (χ4n) is 1.75. The van der Waals surface area contributed by atoms with Gasteiger partial charge in [0.1, 0.15) is 0 Å². The minimum absolute atomic E-state index is 0.536. The minimum Gasteiger partial charge on any atom is -0.251 e. The molecule has 2 rings (SSSR count). The molecule has 1 nitrogen and oxygen atoms in total. The highest BCUT2D eigenvalue weighted by Gasteiger charge is 2.11. The fraction of sp³-hybridized carbons (Fsp3) is 0.250. The van der Waals surface area contributed by atoms with Crippen molar-refractivity contribution in [2.75, 3.05) is 5.88 Å². The van der Waals surface area contributed by atoms with E-state index in [1.165, 1.54) is 0 Å². The lowest BCUT2D eigenvalue weighted by Crippen LogP contribution is -1.97. The minimum atomic E-state index is 0.536. The number of aryl methyl sites for hydroxylation is 1. The Morgan fingerprint density at radius 1 is 1.25 bits per heavy atom. The van der Waals surface area contributed by atoms with Crippen molar-refractivity contribution in [2.45, 2.75) is 13.3 Å². The standard InChI is InChI=1S/C12H10Cl3N/c1-7-8(5-6-13)11(15)9-3-2-4-10(14)12(9)16-7/h2-4H,5-6H2,1H3. The molecule has 16 heavy (non-hydrogen) atoms. The van der Waals surface area contributed by atoms with Crippen LogP contribution in [0.15, 0.2) is 18.2 Å². The van der Waals surface area contributed by atoms with Gasteiger partial charge in [-0.1, -0.05) is 35.3 Å². The first kappa shape index (κ1) is 12.0. The molecule has 0 atom stereocenters. The summed E-state index contributed by atoms with van der Waals surface area (Å²) in [4.78, 5) is 4.48. The first-order chi connectivity index (χ1) is 7.65. The van der Waals surface area contributed by atoms with Gasteiger partial charge >= 0.3 is 0 Å². The second-order valence-electron chi connectivity index (χ2n) is 3.56. The van der Waals surface area contributed by atoms with Gasteiger partial charge in [-0.15, -0.1) is 11.6 Å². The first-order valence-electron chi connectivity index (χ1n) is 4.94. The Balaban J connectivity index is 2.78. The van der Waals surface area contributed by atoms with Crippen LogP contribution in [0.3, 0.4) is 0 Å². The highest BCUT2D eigenvalue weighted by atomic mass is 35.5. The predicted octanol–water partition coefficient (Wildman–Crippen LogP) is 4.63. The molecule has 2 aromatic rings. The van der Waals surface area contributed by atoms with Gasteiger partial charge in [-0.2, -0.15) is 0 Å². The Bertz CT molecular complexity index is 537. The van der Waals surface area contributed by atoms with Gasteiger partial charge in [-0.3, -0.25) is 4.98 Å². The highest BCUT2D eigenvalue weighted by Crippen LogP contribution is 2.31. The smallest absolute Gasteiger partial charge is 0.0906 e. The van der Waals surface area contributed by atoms with Crippen LogP contribution in [0, 0.1) is 6.92 Å². The van der Waals surface area contributed by atoms with Crippen LogP contribution in [0.5, 0.6) is 0 Å². The number of pyridine rings is 1. The molecule has 0 saturated heterocycles. The number of aromatic nitrogens is 1. The Labute approximate surface area is 109 Å². The summed E-state index contributed by atoms with van der Waals surface area (Å²) >= 11 is 18.2. The zero-order chi connectivity index (χ0) is 11.7. The normalized spacial score (nSPS) is 11.0. The third-order valence-electron chi connectivity index (χ3n) is 2.55. The molecule has 0 N–H and O–H groups in total. The lowest BCUT2D eigenvalue weighted by Gasteiger charge is -2.10. The van der Waals surface area contributed by atoms with Gasteiger partial charge in [0.25, 0.3) is 0 Å². The molecule has 1 aromatic heterocycles. The Hall–Kier alpha value is -0.500. The number of fused-ring (bicyclic) bond motifs is 1. The van der Waals surface area contributed by atoms with Crippen molar-refractivity contribution in [1.82, 2.24) is 4.98 Å². The monoisotopic (exact) mass is 273 g/mol. The summed E-state index contributed by atoms with van der Waals surface area (Å²) in [7, 11) is 0. The first-order valence-corrected chi connectivity index (χ1v) is 6.23. The molecule has 0 unspecified atom stereocenters. The number of nitrogens with zero attached hydrogens (tertiary/aromatic N) is 1. The molecule has 0 fully saturated rings. The van der Waals surface area contributed by atoms with Crippen molar-refractivity contribution in [3.05, 3.63) is 39.5 Å². The summed E-state index contributed by atoms with van der Waals surface area (Å²) in [6.45, 7) is 1.93. The molecule has 0 aliphatic heterocycles. The third-order valence-corrected chi connectivity index (χ3v) is 3.47. The average Bonchev–Trinajstić information content (AvgIpc) is 2.26. The maximum atomic E-state index is 6.34. The molecule has 4 heteroatoms. The van der Waals surface area contributed by atoms with Gasteiger partial charge in [-0.05, 0) is 25.0 Å². The summed E-state index contributed by atoms with van der Waals surface area (Å²) in [5, 5.41) is 2.23. The van der Waals surface area contributed by atoms with Crippen LogP contribution in [0.2, 0.25) is 10.0 Å². The number of benzene rings is 1. The van der Waals surface area contributed by atoms with E-state index in [9.17, 15) is 0 Å². The molecule has 0 aliphatic rings. The number of hydrogen-bond donors (Lipinski definition) is 0. The Morgan fingerprint density at radius 3 is 2.69 bits per heavy atom. The van der Waals surface area contributed by atoms with Crippen molar-refractivity contribution in [3.63, 3.8) is 0 Å². The maximum Gasteiger partial charge on any atom is 0.0906 e. The SMILES string of the molecule is Cc1nc2c(Cl)cccc2c(Cl)c1CCCl. The van der Waals surface area contributed by atoms with E-state index in [0.29, 0.717) is 15.9 Å². The van der Waals surface area contributed by atoms with Crippen molar-refractivity contribution in [1.29, 1.82) is 0 Å². The topological polar surface area (TPSA) is 12.9 Å². The number of para-hydroxylation sites is 1. The van der Waals surface area contributed by atoms with E-state index in [2.05, 4.69) is 4.98 Å². The molecule has 0 aliphatic carbocycles. The fourth-order valence-corrected chi connectivity index (χ4v) is 2.54. The quantitative estimate of drug-likeness (QED) is 0.728. The molecular formula is C12H10Cl3N. The third kappa shape index (κ3) is 2.00. The van der Waals surface area contributed by atoms with Crippen LogP contribution >= 0.6 is 34.8 Å². The summed E-state index contributed by atoms with van der Waals surface area (Å²) < 4.78 is 0. The van der Waals surface area contributed by atoms with Crippen LogP contribution in [-0.4, -0.2) is 10.9 Å². The van der Waals surface area contributed by atoms with Crippen molar-refractivity contribution < 1.29 is 0 Å². The Kier molecular flexibility index (Phi) is 3.58. The van der Waals surface area contributed by atoms with Crippen molar-refractivity contribution in [2.24, 2.45) is 0 Å². The van der Waals surface area contributed by atoms with Gasteiger partial charge in [0, 0.05) is 17.0 Å². The molecule has 0 amide bonds. The second kappa shape index (κ2) is 4.79. The van der Waals surface area contributed by atoms with E-state index < -0.39 is 0 Å². The maximum absolute atomic E-state index is 6.34. The van der Waals surface area contributed by atoms with Gasteiger partial charge in [0.05, 0.1) is 15.6 Å². The van der Waals surface area contributed by atoms with Crippen molar-refractivity contribution in [3.8, 4) is 0 Å².